The highest BCUT2D eigenvalue weighted by atomic mass is 16.3. The SMILES string of the molecule is CC=CC(=O)N(CCO)CCO. The quantitative estimate of drug-likeness (QED) is 0.544. The predicted molar refractivity (Wildman–Crippen MR) is 45.6 cm³/mol. The first-order valence-corrected chi connectivity index (χ1v) is 3.89. The van der Waals surface area contributed by atoms with E-state index in [1.165, 1.54) is 11.0 Å². The fraction of sp³-hybridized carbons (Fsp3) is 0.625. The van der Waals surface area contributed by atoms with Gasteiger partial charge in [0.05, 0.1) is 13.2 Å². The zero-order chi connectivity index (χ0) is 9.40. The molecule has 0 aromatic heterocycles. The third-order valence-electron chi connectivity index (χ3n) is 1.36. The number of allylic oxidation sites excluding steroid dienone is 1. The van der Waals surface area contributed by atoms with Crippen LogP contribution in [0.4, 0.5) is 0 Å². The summed E-state index contributed by atoms with van der Waals surface area (Å²) in [5.74, 6) is -0.180. The van der Waals surface area contributed by atoms with Gasteiger partial charge in [-0.15, -0.1) is 0 Å². The first-order chi connectivity index (χ1) is 5.76. The summed E-state index contributed by atoms with van der Waals surface area (Å²) in [5.41, 5.74) is 0. The van der Waals surface area contributed by atoms with E-state index < -0.39 is 0 Å². The second kappa shape index (κ2) is 6.82. The van der Waals surface area contributed by atoms with E-state index in [2.05, 4.69) is 0 Å². The molecule has 0 radical (unpaired) electrons. The highest BCUT2D eigenvalue weighted by molar-refractivity contribution is 5.87. The third-order valence-corrected chi connectivity index (χ3v) is 1.36. The number of carbonyl (C=O) groups is 1. The molecule has 0 fully saturated rings. The highest BCUT2D eigenvalue weighted by Crippen LogP contribution is 1.90. The number of nitrogens with zero attached hydrogens (tertiary/aromatic N) is 1. The zero-order valence-electron chi connectivity index (χ0n) is 7.23. The van der Waals surface area contributed by atoms with Crippen LogP contribution in [-0.4, -0.2) is 47.3 Å². The maximum atomic E-state index is 11.1. The summed E-state index contributed by atoms with van der Waals surface area (Å²) in [6, 6.07) is 0. The molecule has 4 nitrogen and oxygen atoms in total. The minimum Gasteiger partial charge on any atom is -0.395 e. The molecule has 0 saturated carbocycles. The molecule has 0 rings (SSSR count). The lowest BCUT2D eigenvalue weighted by Gasteiger charge is -2.18. The number of hydrogen-bond acceptors (Lipinski definition) is 3. The van der Waals surface area contributed by atoms with E-state index in [0.717, 1.165) is 0 Å². The van der Waals surface area contributed by atoms with Crippen molar-refractivity contribution in [1.29, 1.82) is 0 Å². The molecule has 0 spiro atoms. The normalized spacial score (nSPS) is 10.6. The van der Waals surface area contributed by atoms with Crippen LogP contribution in [0.1, 0.15) is 6.92 Å². The maximum absolute atomic E-state index is 11.1. The smallest absolute Gasteiger partial charge is 0.246 e. The lowest BCUT2D eigenvalue weighted by Crippen LogP contribution is -2.34. The third kappa shape index (κ3) is 4.10. The number of aliphatic hydroxyl groups excluding tert-OH is 2. The lowest BCUT2D eigenvalue weighted by atomic mass is 10.4. The van der Waals surface area contributed by atoms with E-state index in [0.29, 0.717) is 0 Å². The van der Waals surface area contributed by atoms with Gasteiger partial charge in [-0.05, 0) is 13.0 Å². The minimum absolute atomic E-state index is 0.0801. The van der Waals surface area contributed by atoms with Crippen molar-refractivity contribution in [3.63, 3.8) is 0 Å². The second-order valence-corrected chi connectivity index (χ2v) is 2.27. The molecule has 2 N–H and O–H groups in total. The van der Waals surface area contributed by atoms with Gasteiger partial charge in [0.15, 0.2) is 0 Å². The van der Waals surface area contributed by atoms with Crippen LogP contribution in [0.3, 0.4) is 0 Å². The summed E-state index contributed by atoms with van der Waals surface area (Å²) in [5, 5.41) is 17.2. The molecule has 0 aromatic rings. The van der Waals surface area contributed by atoms with Crippen LogP contribution in [0.25, 0.3) is 0 Å². The highest BCUT2D eigenvalue weighted by Gasteiger charge is 2.07. The van der Waals surface area contributed by atoms with Crippen LogP contribution in [0.15, 0.2) is 12.2 Å². The van der Waals surface area contributed by atoms with Crippen molar-refractivity contribution in [2.45, 2.75) is 6.92 Å². The van der Waals surface area contributed by atoms with Crippen LogP contribution in [0, 0.1) is 0 Å². The molecule has 0 unspecified atom stereocenters. The van der Waals surface area contributed by atoms with Gasteiger partial charge in [-0.25, -0.2) is 0 Å². The molecule has 0 aliphatic carbocycles. The fourth-order valence-corrected chi connectivity index (χ4v) is 0.822. The van der Waals surface area contributed by atoms with Gasteiger partial charge in [-0.3, -0.25) is 4.79 Å². The van der Waals surface area contributed by atoms with Crippen LogP contribution in [0.5, 0.6) is 0 Å². The Bertz CT molecular complexity index is 150. The largest absolute Gasteiger partial charge is 0.395 e. The molecule has 1 amide bonds. The average Bonchev–Trinajstić information content (AvgIpc) is 2.04. The Morgan fingerprint density at radius 3 is 2.17 bits per heavy atom. The van der Waals surface area contributed by atoms with Crippen molar-refractivity contribution in [2.75, 3.05) is 26.3 Å². The van der Waals surface area contributed by atoms with Crippen LogP contribution in [0.2, 0.25) is 0 Å². The van der Waals surface area contributed by atoms with Crippen LogP contribution < -0.4 is 0 Å². The molecule has 0 bridgehead atoms. The van der Waals surface area contributed by atoms with Crippen molar-refractivity contribution in [2.24, 2.45) is 0 Å². The molecular weight excluding hydrogens is 158 g/mol. The van der Waals surface area contributed by atoms with E-state index in [1.807, 2.05) is 0 Å². The molecular formula is C8H15NO3. The maximum Gasteiger partial charge on any atom is 0.246 e. The van der Waals surface area contributed by atoms with Gasteiger partial charge in [0.1, 0.15) is 0 Å². The van der Waals surface area contributed by atoms with E-state index >= 15 is 0 Å². The molecule has 70 valence electrons. The van der Waals surface area contributed by atoms with Crippen LogP contribution in [-0.2, 0) is 4.79 Å². The molecule has 0 heterocycles. The molecule has 0 aromatic carbocycles. The standard InChI is InChI=1S/C8H15NO3/c1-2-3-8(12)9(4-6-10)5-7-11/h2-3,10-11H,4-7H2,1H3. The lowest BCUT2D eigenvalue weighted by molar-refractivity contribution is -0.127. The predicted octanol–water partition coefficient (Wildman–Crippen LogP) is -0.624. The molecule has 0 aliphatic rings. The topological polar surface area (TPSA) is 60.8 Å². The van der Waals surface area contributed by atoms with Crippen molar-refractivity contribution in [3.8, 4) is 0 Å². The fourth-order valence-electron chi connectivity index (χ4n) is 0.822. The Hall–Kier alpha value is -0.870. The first-order valence-electron chi connectivity index (χ1n) is 3.89. The summed E-state index contributed by atoms with van der Waals surface area (Å²) in [4.78, 5) is 12.5. The summed E-state index contributed by atoms with van der Waals surface area (Å²) in [7, 11) is 0. The van der Waals surface area contributed by atoms with Gasteiger partial charge in [0.25, 0.3) is 0 Å². The van der Waals surface area contributed by atoms with E-state index in [9.17, 15) is 4.79 Å². The van der Waals surface area contributed by atoms with Gasteiger partial charge in [-0.1, -0.05) is 6.08 Å². The van der Waals surface area contributed by atoms with Crippen LogP contribution >= 0.6 is 0 Å². The Balaban J connectivity index is 3.98. The van der Waals surface area contributed by atoms with Gasteiger partial charge < -0.3 is 15.1 Å². The zero-order valence-corrected chi connectivity index (χ0v) is 7.23. The van der Waals surface area contributed by atoms with E-state index in [-0.39, 0.29) is 32.2 Å². The number of carbonyl (C=O) groups excluding carboxylic acids is 1. The average molecular weight is 173 g/mol. The number of rotatable bonds is 5. The first kappa shape index (κ1) is 11.1. The van der Waals surface area contributed by atoms with Gasteiger partial charge in [0, 0.05) is 13.1 Å². The number of aliphatic hydroxyl groups is 2. The summed E-state index contributed by atoms with van der Waals surface area (Å²) in [6.45, 7) is 2.12. The summed E-state index contributed by atoms with van der Waals surface area (Å²) in [6.07, 6.45) is 3.04. The van der Waals surface area contributed by atoms with Crippen molar-refractivity contribution >= 4 is 5.91 Å². The number of amides is 1. The van der Waals surface area contributed by atoms with Gasteiger partial charge >= 0.3 is 0 Å². The monoisotopic (exact) mass is 173 g/mol. The number of hydrogen-bond donors (Lipinski definition) is 2. The molecule has 12 heavy (non-hydrogen) atoms. The second-order valence-electron chi connectivity index (χ2n) is 2.27. The molecule has 0 saturated heterocycles. The molecule has 0 atom stereocenters. The van der Waals surface area contributed by atoms with Crippen molar-refractivity contribution < 1.29 is 15.0 Å². The van der Waals surface area contributed by atoms with Crippen molar-refractivity contribution in [3.05, 3.63) is 12.2 Å². The Kier molecular flexibility index (Phi) is 6.32. The Morgan fingerprint density at radius 2 is 1.83 bits per heavy atom. The van der Waals surface area contributed by atoms with Gasteiger partial charge in [0.2, 0.25) is 5.91 Å². The van der Waals surface area contributed by atoms with Gasteiger partial charge in [-0.2, -0.15) is 0 Å². The van der Waals surface area contributed by atoms with E-state index in [4.69, 9.17) is 10.2 Å². The van der Waals surface area contributed by atoms with Crippen molar-refractivity contribution in [1.82, 2.24) is 4.90 Å². The summed E-state index contributed by atoms with van der Waals surface area (Å²) < 4.78 is 0. The Morgan fingerprint density at radius 1 is 1.33 bits per heavy atom. The van der Waals surface area contributed by atoms with E-state index in [1.54, 1.807) is 13.0 Å². The molecule has 4 heteroatoms. The summed E-state index contributed by atoms with van der Waals surface area (Å²) >= 11 is 0. The molecule has 0 aliphatic heterocycles. The Labute approximate surface area is 72.1 Å². The minimum atomic E-state index is -0.180.